The number of methoxy groups -OCH3 is 1. The van der Waals surface area contributed by atoms with Crippen LogP contribution in [0.25, 0.3) is 0 Å². The lowest BCUT2D eigenvalue weighted by molar-refractivity contribution is -0.385. The molecule has 1 heterocycles. The van der Waals surface area contributed by atoms with Crippen molar-refractivity contribution in [1.29, 1.82) is 0 Å². The van der Waals surface area contributed by atoms with Gasteiger partial charge in [-0.3, -0.25) is 10.1 Å². The van der Waals surface area contributed by atoms with Crippen LogP contribution in [0.3, 0.4) is 0 Å². The van der Waals surface area contributed by atoms with Crippen molar-refractivity contribution >= 4 is 5.69 Å². The van der Waals surface area contributed by atoms with Gasteiger partial charge in [-0.1, -0.05) is 6.07 Å². The third kappa shape index (κ3) is 3.25. The fraction of sp³-hybridized carbons (Fsp3) is 0.250. The van der Waals surface area contributed by atoms with E-state index < -0.39 is 4.92 Å². The minimum Gasteiger partial charge on any atom is -1.00 e. The largest absolute Gasteiger partial charge is 1.00 e. The second-order valence-electron chi connectivity index (χ2n) is 3.89. The van der Waals surface area contributed by atoms with Crippen molar-refractivity contribution in [2.24, 2.45) is 0 Å². The third-order valence-corrected chi connectivity index (χ3v) is 2.74. The van der Waals surface area contributed by atoms with Gasteiger partial charge in [0.25, 0.3) is 0 Å². The Morgan fingerprint density at radius 1 is 1.50 bits per heavy atom. The molecule has 7 nitrogen and oxygen atoms in total. The van der Waals surface area contributed by atoms with E-state index in [0.29, 0.717) is 12.4 Å². The summed E-state index contributed by atoms with van der Waals surface area (Å²) in [5.41, 5.74) is 0.658. The normalized spacial score (nSPS) is 9.90. The molecule has 20 heavy (non-hydrogen) atoms. The molecule has 1 N–H and O–H groups in total. The number of aliphatic hydroxyl groups excluding tert-OH is 1. The summed E-state index contributed by atoms with van der Waals surface area (Å²) in [4.78, 5) is 14.4. The number of rotatable bonds is 5. The first-order valence-electron chi connectivity index (χ1n) is 5.58. The maximum atomic E-state index is 10.9. The van der Waals surface area contributed by atoms with Gasteiger partial charge in [0, 0.05) is 25.0 Å². The molecule has 0 aliphatic rings. The first kappa shape index (κ1) is 15.9. The number of aliphatic hydroxyl groups is 1. The zero-order valence-corrected chi connectivity index (χ0v) is 11.4. The van der Waals surface area contributed by atoms with Gasteiger partial charge in [0.2, 0.25) is 0 Å². The lowest BCUT2D eigenvalue weighted by atomic mass is 10.2. The van der Waals surface area contributed by atoms with Gasteiger partial charge in [-0.15, -0.1) is 0 Å². The molecule has 0 atom stereocenters. The van der Waals surface area contributed by atoms with Gasteiger partial charge in [-0.2, -0.15) is 0 Å². The molecule has 1 aromatic heterocycles. The highest BCUT2D eigenvalue weighted by molar-refractivity contribution is 5.48. The number of aromatic nitrogens is 2. The summed E-state index contributed by atoms with van der Waals surface area (Å²) in [6.07, 6.45) is 3.28. The molecule has 0 saturated heterocycles. The smallest absolute Gasteiger partial charge is 0.311 e. The lowest BCUT2D eigenvalue weighted by Gasteiger charge is -2.07. The fourth-order valence-corrected chi connectivity index (χ4v) is 1.81. The van der Waals surface area contributed by atoms with E-state index in [-0.39, 0.29) is 30.5 Å². The Morgan fingerprint density at radius 3 is 2.85 bits per heavy atom. The Labute approximate surface area is 121 Å². The fourth-order valence-electron chi connectivity index (χ4n) is 1.81. The Bertz CT molecular complexity index is 600. The molecule has 0 amide bonds. The maximum absolute atomic E-state index is 10.9. The standard InChI is InChI=1S/C12H13N3O4.ClH/c1-19-11-3-2-9(6-10(11)15(17)18)7-14-5-4-13-12(14)8-16;/h2-6,16H,7-8H2,1H3;1H/p-1. The summed E-state index contributed by atoms with van der Waals surface area (Å²) in [7, 11) is 1.39. The molecule has 0 bridgehead atoms. The summed E-state index contributed by atoms with van der Waals surface area (Å²) in [6.45, 7) is 0.228. The van der Waals surface area contributed by atoms with E-state index in [1.807, 2.05) is 0 Å². The summed E-state index contributed by atoms with van der Waals surface area (Å²) < 4.78 is 6.67. The van der Waals surface area contributed by atoms with Crippen molar-refractivity contribution < 1.29 is 27.2 Å². The molecule has 0 saturated carbocycles. The Kier molecular flexibility index (Phi) is 5.48. The van der Waals surface area contributed by atoms with E-state index >= 15 is 0 Å². The van der Waals surface area contributed by atoms with Crippen molar-refractivity contribution in [3.63, 3.8) is 0 Å². The average molecular weight is 299 g/mol. The van der Waals surface area contributed by atoms with Crippen molar-refractivity contribution in [2.75, 3.05) is 7.11 Å². The minimum atomic E-state index is -0.483. The zero-order valence-electron chi connectivity index (χ0n) is 10.7. The van der Waals surface area contributed by atoms with E-state index in [9.17, 15) is 10.1 Å². The quantitative estimate of drug-likeness (QED) is 0.527. The van der Waals surface area contributed by atoms with E-state index in [0.717, 1.165) is 5.56 Å². The van der Waals surface area contributed by atoms with Crippen LogP contribution >= 0.6 is 0 Å². The van der Waals surface area contributed by atoms with Gasteiger partial charge in [0.1, 0.15) is 12.4 Å². The highest BCUT2D eigenvalue weighted by atomic mass is 35.5. The number of hydrogen-bond acceptors (Lipinski definition) is 5. The predicted molar refractivity (Wildman–Crippen MR) is 66.9 cm³/mol. The van der Waals surface area contributed by atoms with Gasteiger partial charge in [0.15, 0.2) is 5.75 Å². The van der Waals surface area contributed by atoms with Crippen molar-refractivity contribution in [2.45, 2.75) is 13.2 Å². The zero-order chi connectivity index (χ0) is 13.8. The van der Waals surface area contributed by atoms with Crippen LogP contribution in [-0.2, 0) is 13.2 Å². The van der Waals surface area contributed by atoms with Crippen LogP contribution in [0.2, 0.25) is 0 Å². The number of halogens is 1. The Balaban J connectivity index is 0.00000200. The molecule has 0 radical (unpaired) electrons. The number of nitrogens with zero attached hydrogens (tertiary/aromatic N) is 3. The molecule has 2 aromatic rings. The van der Waals surface area contributed by atoms with Crippen LogP contribution < -0.4 is 17.1 Å². The molecule has 0 aliphatic carbocycles. The minimum absolute atomic E-state index is 0. The molecule has 8 heteroatoms. The van der Waals surface area contributed by atoms with Gasteiger partial charge in [0.05, 0.1) is 12.0 Å². The summed E-state index contributed by atoms with van der Waals surface area (Å²) in [6, 6.07) is 4.76. The molecule has 2 rings (SSSR count). The molecular formula is C12H13ClN3O4-. The van der Waals surface area contributed by atoms with Crippen LogP contribution in [0.5, 0.6) is 5.75 Å². The molecular weight excluding hydrogens is 286 g/mol. The predicted octanol–water partition coefficient (Wildman–Crippen LogP) is -1.66. The topological polar surface area (TPSA) is 90.4 Å². The van der Waals surface area contributed by atoms with E-state index in [4.69, 9.17) is 9.84 Å². The lowest BCUT2D eigenvalue weighted by Crippen LogP contribution is -3.00. The van der Waals surface area contributed by atoms with Crippen molar-refractivity contribution in [3.8, 4) is 5.75 Å². The van der Waals surface area contributed by atoms with Crippen molar-refractivity contribution in [3.05, 3.63) is 52.1 Å². The van der Waals surface area contributed by atoms with Crippen LogP contribution in [0.15, 0.2) is 30.6 Å². The Morgan fingerprint density at radius 2 is 2.25 bits per heavy atom. The monoisotopic (exact) mass is 298 g/mol. The number of imidazole rings is 1. The SMILES string of the molecule is COc1ccc(Cn2ccnc2CO)cc1[N+](=O)[O-].[Cl-]. The molecule has 0 fully saturated rings. The molecule has 0 spiro atoms. The summed E-state index contributed by atoms with van der Waals surface area (Å²) >= 11 is 0. The number of nitro benzene ring substituents is 1. The van der Waals surface area contributed by atoms with E-state index in [1.165, 1.54) is 13.2 Å². The molecule has 0 aliphatic heterocycles. The summed E-state index contributed by atoms with van der Waals surface area (Å²) in [5, 5.41) is 20.0. The van der Waals surface area contributed by atoms with E-state index in [1.54, 1.807) is 29.1 Å². The number of nitro groups is 1. The first-order valence-corrected chi connectivity index (χ1v) is 5.58. The third-order valence-electron chi connectivity index (χ3n) is 2.74. The average Bonchev–Trinajstić information content (AvgIpc) is 2.85. The highest BCUT2D eigenvalue weighted by Crippen LogP contribution is 2.27. The first-order chi connectivity index (χ1) is 9.15. The van der Waals surface area contributed by atoms with Gasteiger partial charge >= 0.3 is 5.69 Å². The Hall–Kier alpha value is -2.12. The van der Waals surface area contributed by atoms with E-state index in [2.05, 4.69) is 4.98 Å². The van der Waals surface area contributed by atoms with Crippen LogP contribution in [0.1, 0.15) is 11.4 Å². The molecule has 108 valence electrons. The number of benzene rings is 1. The van der Waals surface area contributed by atoms with Crippen LogP contribution in [0, 0.1) is 10.1 Å². The van der Waals surface area contributed by atoms with Crippen LogP contribution in [0.4, 0.5) is 5.69 Å². The van der Waals surface area contributed by atoms with Crippen molar-refractivity contribution in [1.82, 2.24) is 9.55 Å². The second-order valence-corrected chi connectivity index (χ2v) is 3.89. The number of hydrogen-bond donors (Lipinski definition) is 1. The van der Waals surface area contributed by atoms with Gasteiger partial charge < -0.3 is 26.8 Å². The van der Waals surface area contributed by atoms with Gasteiger partial charge in [-0.05, 0) is 11.6 Å². The summed E-state index contributed by atoms with van der Waals surface area (Å²) in [5.74, 6) is 0.736. The second kappa shape index (κ2) is 6.88. The van der Waals surface area contributed by atoms with Crippen LogP contribution in [-0.4, -0.2) is 26.7 Å². The maximum Gasteiger partial charge on any atom is 0.311 e. The van der Waals surface area contributed by atoms with Gasteiger partial charge in [-0.25, -0.2) is 4.98 Å². The molecule has 1 aromatic carbocycles. The number of ether oxygens (including phenoxy) is 1. The highest BCUT2D eigenvalue weighted by Gasteiger charge is 2.15. The molecule has 0 unspecified atom stereocenters.